The Morgan fingerprint density at radius 1 is 1.08 bits per heavy atom. The molecule has 0 radical (unpaired) electrons. The van der Waals surface area contributed by atoms with Gasteiger partial charge in [-0.25, -0.2) is 0 Å². The molecule has 134 valence electrons. The van der Waals surface area contributed by atoms with E-state index in [1.807, 2.05) is 19.1 Å². The average molecular weight is 352 g/mol. The molecule has 3 aromatic rings. The summed E-state index contributed by atoms with van der Waals surface area (Å²) in [4.78, 5) is 28.1. The predicted molar refractivity (Wildman–Crippen MR) is 100.0 cm³/mol. The van der Waals surface area contributed by atoms with Crippen LogP contribution in [0.4, 0.5) is 0 Å². The molecule has 0 fully saturated rings. The Labute approximate surface area is 150 Å². The van der Waals surface area contributed by atoms with Crippen molar-refractivity contribution in [2.45, 2.75) is 13.0 Å². The molecule has 0 spiro atoms. The van der Waals surface area contributed by atoms with Gasteiger partial charge in [0.25, 0.3) is 5.91 Å². The molecule has 2 N–H and O–H groups in total. The van der Waals surface area contributed by atoms with E-state index >= 15 is 0 Å². The summed E-state index contributed by atoms with van der Waals surface area (Å²) < 4.78 is 10.5. The number of rotatable bonds is 5. The Balaban J connectivity index is 1.86. The van der Waals surface area contributed by atoms with Gasteiger partial charge in [0.2, 0.25) is 5.43 Å². The van der Waals surface area contributed by atoms with Crippen LogP contribution in [0.2, 0.25) is 0 Å². The molecule has 3 rings (SSSR count). The van der Waals surface area contributed by atoms with Gasteiger partial charge in [-0.05, 0) is 36.8 Å². The molecule has 26 heavy (non-hydrogen) atoms. The number of aromatic nitrogens is 1. The SMILES string of the molecule is COc1ccc([C@@H](C)NC(=O)c2c[nH]c3ccccc3c2=O)cc1OC. The van der Waals surface area contributed by atoms with E-state index in [-0.39, 0.29) is 17.0 Å². The summed E-state index contributed by atoms with van der Waals surface area (Å²) in [6.45, 7) is 1.84. The number of H-pyrrole nitrogens is 1. The first-order valence-corrected chi connectivity index (χ1v) is 8.18. The first-order valence-electron chi connectivity index (χ1n) is 8.18. The number of fused-ring (bicyclic) bond motifs is 1. The second-order valence-corrected chi connectivity index (χ2v) is 5.89. The van der Waals surface area contributed by atoms with E-state index in [4.69, 9.17) is 9.47 Å². The van der Waals surface area contributed by atoms with Crippen LogP contribution in [0.25, 0.3) is 10.9 Å². The molecule has 0 aliphatic heterocycles. The first-order chi connectivity index (χ1) is 12.5. The van der Waals surface area contributed by atoms with Crippen LogP contribution >= 0.6 is 0 Å². The zero-order chi connectivity index (χ0) is 18.7. The Morgan fingerprint density at radius 2 is 1.81 bits per heavy atom. The third-order valence-electron chi connectivity index (χ3n) is 4.29. The lowest BCUT2D eigenvalue weighted by molar-refractivity contribution is 0.0938. The molecule has 0 saturated heterocycles. The highest BCUT2D eigenvalue weighted by Crippen LogP contribution is 2.29. The van der Waals surface area contributed by atoms with E-state index < -0.39 is 5.91 Å². The Kier molecular flexibility index (Phi) is 4.93. The first kappa shape index (κ1) is 17.5. The lowest BCUT2D eigenvalue weighted by Crippen LogP contribution is -2.31. The maximum atomic E-state index is 12.6. The summed E-state index contributed by atoms with van der Waals surface area (Å²) >= 11 is 0. The van der Waals surface area contributed by atoms with Crippen molar-refractivity contribution in [1.29, 1.82) is 0 Å². The van der Waals surface area contributed by atoms with Gasteiger partial charge in [0.1, 0.15) is 5.56 Å². The van der Waals surface area contributed by atoms with Crippen LogP contribution in [0, 0.1) is 0 Å². The number of carbonyl (C=O) groups excluding carboxylic acids is 1. The van der Waals surface area contributed by atoms with Gasteiger partial charge >= 0.3 is 0 Å². The normalized spacial score (nSPS) is 11.8. The van der Waals surface area contributed by atoms with Gasteiger partial charge in [0.05, 0.1) is 20.3 Å². The number of ether oxygens (including phenoxy) is 2. The maximum Gasteiger partial charge on any atom is 0.257 e. The second kappa shape index (κ2) is 7.31. The molecular formula is C20H20N2O4. The summed E-state index contributed by atoms with van der Waals surface area (Å²) in [5.74, 6) is 0.759. The van der Waals surface area contributed by atoms with Crippen LogP contribution < -0.4 is 20.2 Å². The zero-order valence-electron chi connectivity index (χ0n) is 14.8. The van der Waals surface area contributed by atoms with Gasteiger partial charge in [-0.15, -0.1) is 0 Å². The van der Waals surface area contributed by atoms with Crippen molar-refractivity contribution >= 4 is 16.8 Å². The number of amides is 1. The largest absolute Gasteiger partial charge is 0.493 e. The summed E-state index contributed by atoms with van der Waals surface area (Å²) in [6, 6.07) is 12.2. The number of pyridine rings is 1. The maximum absolute atomic E-state index is 12.6. The molecular weight excluding hydrogens is 332 g/mol. The molecule has 0 bridgehead atoms. The highest BCUT2D eigenvalue weighted by Gasteiger charge is 2.17. The van der Waals surface area contributed by atoms with E-state index in [1.54, 1.807) is 44.6 Å². The Bertz CT molecular complexity index is 1010. The van der Waals surface area contributed by atoms with Gasteiger partial charge < -0.3 is 19.8 Å². The second-order valence-electron chi connectivity index (χ2n) is 5.89. The number of nitrogens with one attached hydrogen (secondary N) is 2. The van der Waals surface area contributed by atoms with E-state index in [0.29, 0.717) is 22.4 Å². The fourth-order valence-corrected chi connectivity index (χ4v) is 2.82. The highest BCUT2D eigenvalue weighted by atomic mass is 16.5. The van der Waals surface area contributed by atoms with Crippen molar-refractivity contribution in [3.63, 3.8) is 0 Å². The summed E-state index contributed by atoms with van der Waals surface area (Å²) in [6.07, 6.45) is 1.45. The van der Waals surface area contributed by atoms with Crippen LogP contribution in [0.3, 0.4) is 0 Å². The number of methoxy groups -OCH3 is 2. The number of carbonyl (C=O) groups is 1. The van der Waals surface area contributed by atoms with Crippen molar-refractivity contribution in [2.75, 3.05) is 14.2 Å². The lowest BCUT2D eigenvalue weighted by Gasteiger charge is -2.16. The van der Waals surface area contributed by atoms with E-state index in [2.05, 4.69) is 10.3 Å². The number of benzene rings is 2. The van der Waals surface area contributed by atoms with Gasteiger partial charge in [0.15, 0.2) is 11.5 Å². The molecule has 0 saturated carbocycles. The third-order valence-corrected chi connectivity index (χ3v) is 4.29. The van der Waals surface area contributed by atoms with Crippen LogP contribution in [-0.4, -0.2) is 25.1 Å². The minimum Gasteiger partial charge on any atom is -0.493 e. The number of hydrogen-bond acceptors (Lipinski definition) is 4. The fourth-order valence-electron chi connectivity index (χ4n) is 2.82. The fraction of sp³-hybridized carbons (Fsp3) is 0.200. The quantitative estimate of drug-likeness (QED) is 0.740. The standard InChI is InChI=1S/C20H20N2O4/c1-12(13-8-9-17(25-2)18(10-13)26-3)22-20(24)15-11-21-16-7-5-4-6-14(16)19(15)23/h4-12H,1-3H3,(H,21,23)(H,22,24)/t12-/m1/s1. The molecule has 1 heterocycles. The lowest BCUT2D eigenvalue weighted by atomic mass is 10.1. The molecule has 6 heteroatoms. The molecule has 0 unspecified atom stereocenters. The Morgan fingerprint density at radius 3 is 2.54 bits per heavy atom. The molecule has 1 atom stereocenters. The van der Waals surface area contributed by atoms with Crippen LogP contribution in [0.15, 0.2) is 53.5 Å². The minimum absolute atomic E-state index is 0.0797. The number of hydrogen-bond donors (Lipinski definition) is 2. The highest BCUT2D eigenvalue weighted by molar-refractivity contribution is 5.97. The zero-order valence-corrected chi connectivity index (χ0v) is 14.8. The number of aromatic amines is 1. The van der Waals surface area contributed by atoms with Crippen molar-refractivity contribution in [3.05, 3.63) is 70.0 Å². The average Bonchev–Trinajstić information content (AvgIpc) is 2.67. The molecule has 0 aliphatic rings. The molecule has 1 amide bonds. The van der Waals surface area contributed by atoms with Crippen molar-refractivity contribution in [1.82, 2.24) is 10.3 Å². The molecule has 0 aliphatic carbocycles. The summed E-state index contributed by atoms with van der Waals surface area (Å²) in [5, 5.41) is 3.34. The monoisotopic (exact) mass is 352 g/mol. The van der Waals surface area contributed by atoms with E-state index in [0.717, 1.165) is 5.56 Å². The molecule has 1 aromatic heterocycles. The van der Waals surface area contributed by atoms with Crippen molar-refractivity contribution in [3.8, 4) is 11.5 Å². The number of para-hydroxylation sites is 1. The van der Waals surface area contributed by atoms with Crippen LogP contribution in [0.5, 0.6) is 11.5 Å². The smallest absolute Gasteiger partial charge is 0.257 e. The van der Waals surface area contributed by atoms with Crippen molar-refractivity contribution in [2.24, 2.45) is 0 Å². The van der Waals surface area contributed by atoms with E-state index in [1.165, 1.54) is 6.20 Å². The van der Waals surface area contributed by atoms with Crippen LogP contribution in [-0.2, 0) is 0 Å². The van der Waals surface area contributed by atoms with Gasteiger partial charge in [0, 0.05) is 17.1 Å². The van der Waals surface area contributed by atoms with Crippen molar-refractivity contribution < 1.29 is 14.3 Å². The van der Waals surface area contributed by atoms with Gasteiger partial charge in [-0.2, -0.15) is 0 Å². The molecule has 6 nitrogen and oxygen atoms in total. The predicted octanol–water partition coefficient (Wildman–Crippen LogP) is 3.04. The summed E-state index contributed by atoms with van der Waals surface area (Å²) in [5.41, 5.74) is 1.32. The molecule has 2 aromatic carbocycles. The topological polar surface area (TPSA) is 80.4 Å². The van der Waals surface area contributed by atoms with Gasteiger partial charge in [-0.1, -0.05) is 18.2 Å². The van der Waals surface area contributed by atoms with Crippen LogP contribution in [0.1, 0.15) is 28.9 Å². The third kappa shape index (κ3) is 3.26. The van der Waals surface area contributed by atoms with E-state index in [9.17, 15) is 9.59 Å². The minimum atomic E-state index is -0.431. The van der Waals surface area contributed by atoms with Gasteiger partial charge in [-0.3, -0.25) is 9.59 Å². The summed E-state index contributed by atoms with van der Waals surface area (Å²) in [7, 11) is 3.12. The Hall–Kier alpha value is -3.28.